The fraction of sp³-hybridized carbons (Fsp3) is 0.105. The molecule has 0 bridgehead atoms. The molecule has 3 aromatic carbocycles. The van der Waals surface area contributed by atoms with Gasteiger partial charge >= 0.3 is 5.97 Å². The molecule has 0 fully saturated rings. The number of fused-ring (bicyclic) bond motifs is 1. The number of ether oxygens (including phenoxy) is 1. The Balaban J connectivity index is 2.04. The SMILES string of the molecule is NCc1c[c]ccc1C(Oc1cccc2ccccc12)C(=O)O. The molecule has 115 valence electrons. The molecule has 0 saturated carbocycles. The summed E-state index contributed by atoms with van der Waals surface area (Å²) in [4.78, 5) is 11.7. The van der Waals surface area contributed by atoms with Crippen LogP contribution < -0.4 is 10.5 Å². The molecule has 3 N–H and O–H groups in total. The Kier molecular flexibility index (Phi) is 4.26. The van der Waals surface area contributed by atoms with Gasteiger partial charge in [0, 0.05) is 17.5 Å². The summed E-state index contributed by atoms with van der Waals surface area (Å²) in [6, 6.07) is 21.2. The average molecular weight is 306 g/mol. The summed E-state index contributed by atoms with van der Waals surface area (Å²) in [5.41, 5.74) is 6.96. The smallest absolute Gasteiger partial charge is 0.349 e. The van der Waals surface area contributed by atoms with Gasteiger partial charge in [-0.05, 0) is 29.1 Å². The largest absolute Gasteiger partial charge is 0.478 e. The van der Waals surface area contributed by atoms with Crippen LogP contribution in [0.1, 0.15) is 17.2 Å². The van der Waals surface area contributed by atoms with Gasteiger partial charge in [0.15, 0.2) is 0 Å². The van der Waals surface area contributed by atoms with Gasteiger partial charge in [0.2, 0.25) is 6.10 Å². The number of aliphatic carboxylic acids is 1. The molecular weight excluding hydrogens is 290 g/mol. The molecule has 3 aromatic rings. The van der Waals surface area contributed by atoms with Crippen molar-refractivity contribution in [2.45, 2.75) is 12.6 Å². The van der Waals surface area contributed by atoms with Crippen LogP contribution in [0.2, 0.25) is 0 Å². The average Bonchev–Trinajstić information content (AvgIpc) is 2.59. The van der Waals surface area contributed by atoms with Gasteiger partial charge in [-0.25, -0.2) is 4.79 Å². The van der Waals surface area contributed by atoms with Crippen LogP contribution >= 0.6 is 0 Å². The lowest BCUT2D eigenvalue weighted by Crippen LogP contribution is -2.20. The van der Waals surface area contributed by atoms with E-state index in [1.54, 1.807) is 24.3 Å². The molecule has 0 saturated heterocycles. The van der Waals surface area contributed by atoms with Crippen LogP contribution in [0, 0.1) is 6.07 Å². The van der Waals surface area contributed by atoms with Crippen molar-refractivity contribution in [3.05, 3.63) is 77.9 Å². The van der Waals surface area contributed by atoms with Crippen molar-refractivity contribution in [1.82, 2.24) is 0 Å². The zero-order valence-electron chi connectivity index (χ0n) is 12.4. The number of carboxylic acid groups (broad SMARTS) is 1. The van der Waals surface area contributed by atoms with Gasteiger partial charge in [0.25, 0.3) is 0 Å². The highest BCUT2D eigenvalue weighted by Crippen LogP contribution is 2.30. The lowest BCUT2D eigenvalue weighted by atomic mass is 10.0. The Hall–Kier alpha value is -2.85. The third-order valence-electron chi connectivity index (χ3n) is 3.71. The van der Waals surface area contributed by atoms with E-state index < -0.39 is 12.1 Å². The molecule has 4 nitrogen and oxygen atoms in total. The molecule has 23 heavy (non-hydrogen) atoms. The minimum atomic E-state index is -1.12. The maximum absolute atomic E-state index is 11.7. The van der Waals surface area contributed by atoms with E-state index in [2.05, 4.69) is 6.07 Å². The van der Waals surface area contributed by atoms with Crippen molar-refractivity contribution in [2.24, 2.45) is 5.73 Å². The van der Waals surface area contributed by atoms with E-state index in [0.717, 1.165) is 10.8 Å². The molecule has 0 aliphatic heterocycles. The predicted octanol–water partition coefficient (Wildman–Crippen LogP) is 3.30. The van der Waals surface area contributed by atoms with E-state index >= 15 is 0 Å². The number of carbonyl (C=O) groups is 1. The first-order valence-electron chi connectivity index (χ1n) is 7.27. The summed E-state index contributed by atoms with van der Waals surface area (Å²) in [5.74, 6) is -0.523. The van der Waals surface area contributed by atoms with E-state index in [-0.39, 0.29) is 6.54 Å². The first-order chi connectivity index (χ1) is 11.2. The van der Waals surface area contributed by atoms with E-state index in [1.807, 2.05) is 36.4 Å². The topological polar surface area (TPSA) is 72.5 Å². The van der Waals surface area contributed by atoms with E-state index in [4.69, 9.17) is 10.5 Å². The Morgan fingerprint density at radius 3 is 2.74 bits per heavy atom. The second kappa shape index (κ2) is 6.50. The van der Waals surface area contributed by atoms with E-state index in [0.29, 0.717) is 16.9 Å². The third-order valence-corrected chi connectivity index (χ3v) is 3.71. The highest BCUT2D eigenvalue weighted by Gasteiger charge is 2.24. The van der Waals surface area contributed by atoms with Crippen LogP contribution in [-0.2, 0) is 11.3 Å². The summed E-state index contributed by atoms with van der Waals surface area (Å²) in [6.45, 7) is 0.231. The van der Waals surface area contributed by atoms with Crippen molar-refractivity contribution in [3.63, 3.8) is 0 Å². The normalized spacial score (nSPS) is 12.0. The van der Waals surface area contributed by atoms with Gasteiger partial charge in [0.05, 0.1) is 0 Å². The molecule has 1 atom stereocenters. The Morgan fingerprint density at radius 1 is 1.17 bits per heavy atom. The van der Waals surface area contributed by atoms with Crippen LogP contribution in [0.4, 0.5) is 0 Å². The molecule has 0 amide bonds. The maximum Gasteiger partial charge on any atom is 0.349 e. The number of rotatable bonds is 5. The monoisotopic (exact) mass is 306 g/mol. The lowest BCUT2D eigenvalue weighted by molar-refractivity contribution is -0.145. The molecule has 4 heteroatoms. The van der Waals surface area contributed by atoms with Crippen LogP contribution in [0.25, 0.3) is 10.8 Å². The molecule has 1 unspecified atom stereocenters. The summed E-state index contributed by atoms with van der Waals surface area (Å²) in [6.07, 6.45) is -1.12. The maximum atomic E-state index is 11.7. The number of hydrogen-bond acceptors (Lipinski definition) is 3. The van der Waals surface area contributed by atoms with Crippen LogP contribution in [0.5, 0.6) is 5.75 Å². The number of nitrogens with two attached hydrogens (primary N) is 1. The van der Waals surface area contributed by atoms with Gasteiger partial charge in [-0.15, -0.1) is 0 Å². The highest BCUT2D eigenvalue weighted by atomic mass is 16.5. The Labute approximate surface area is 134 Å². The first-order valence-corrected chi connectivity index (χ1v) is 7.27. The Bertz CT molecular complexity index is 839. The fourth-order valence-electron chi connectivity index (χ4n) is 2.58. The Morgan fingerprint density at radius 2 is 1.96 bits per heavy atom. The molecular formula is C19H16NO3. The molecule has 0 aliphatic carbocycles. The van der Waals surface area contributed by atoms with E-state index in [9.17, 15) is 9.90 Å². The van der Waals surface area contributed by atoms with Crippen LogP contribution in [0.3, 0.4) is 0 Å². The summed E-state index contributed by atoms with van der Waals surface area (Å²) < 4.78 is 5.85. The van der Waals surface area contributed by atoms with Crippen LogP contribution in [0.15, 0.2) is 60.7 Å². The zero-order valence-corrected chi connectivity index (χ0v) is 12.4. The van der Waals surface area contributed by atoms with Gasteiger partial charge in [-0.1, -0.05) is 48.5 Å². The highest BCUT2D eigenvalue weighted by molar-refractivity contribution is 5.88. The van der Waals surface area contributed by atoms with Gasteiger partial charge in [0.1, 0.15) is 5.75 Å². The van der Waals surface area contributed by atoms with Crippen molar-refractivity contribution in [1.29, 1.82) is 0 Å². The van der Waals surface area contributed by atoms with Crippen molar-refractivity contribution >= 4 is 16.7 Å². The second-order valence-corrected chi connectivity index (χ2v) is 5.14. The molecule has 1 radical (unpaired) electrons. The quantitative estimate of drug-likeness (QED) is 0.758. The van der Waals surface area contributed by atoms with Gasteiger partial charge < -0.3 is 15.6 Å². The first kappa shape index (κ1) is 15.1. The van der Waals surface area contributed by atoms with Crippen molar-refractivity contribution < 1.29 is 14.6 Å². The molecule has 0 aliphatic rings. The molecule has 0 heterocycles. The molecule has 3 rings (SSSR count). The minimum Gasteiger partial charge on any atom is -0.478 e. The number of benzene rings is 3. The number of hydrogen-bond donors (Lipinski definition) is 2. The lowest BCUT2D eigenvalue weighted by Gasteiger charge is -2.19. The van der Waals surface area contributed by atoms with Crippen molar-refractivity contribution in [3.8, 4) is 5.75 Å². The second-order valence-electron chi connectivity index (χ2n) is 5.14. The number of carboxylic acids is 1. The predicted molar refractivity (Wildman–Crippen MR) is 88.1 cm³/mol. The molecule has 0 spiro atoms. The van der Waals surface area contributed by atoms with Crippen LogP contribution in [-0.4, -0.2) is 11.1 Å². The summed E-state index contributed by atoms with van der Waals surface area (Å²) in [5, 5.41) is 11.5. The standard InChI is InChI=1S/C19H16NO3/c20-12-14-7-2-4-10-16(14)18(19(21)22)23-17-11-5-8-13-6-1-3-9-15(13)17/h1,3-11,18H,12,20H2,(H,21,22). The summed E-state index contributed by atoms with van der Waals surface area (Å²) >= 11 is 0. The van der Waals surface area contributed by atoms with Gasteiger partial charge in [-0.3, -0.25) is 0 Å². The minimum absolute atomic E-state index is 0.231. The fourth-order valence-corrected chi connectivity index (χ4v) is 2.58. The molecule has 0 aromatic heterocycles. The van der Waals surface area contributed by atoms with Gasteiger partial charge in [-0.2, -0.15) is 0 Å². The van der Waals surface area contributed by atoms with Crippen molar-refractivity contribution in [2.75, 3.05) is 0 Å². The van der Waals surface area contributed by atoms with E-state index in [1.165, 1.54) is 0 Å². The zero-order chi connectivity index (χ0) is 16.2. The third kappa shape index (κ3) is 3.03. The summed E-state index contributed by atoms with van der Waals surface area (Å²) in [7, 11) is 0.